The largest absolute Gasteiger partial charge is 0.0625 e. The highest BCUT2D eigenvalue weighted by molar-refractivity contribution is 5.07. The summed E-state index contributed by atoms with van der Waals surface area (Å²) in [5.41, 5.74) is 0.647. The van der Waals surface area contributed by atoms with E-state index in [1.54, 1.807) is 0 Å². The van der Waals surface area contributed by atoms with Gasteiger partial charge in [-0.3, -0.25) is 0 Å². The molecule has 0 N–H and O–H groups in total. The molecule has 1 fully saturated rings. The van der Waals surface area contributed by atoms with Crippen molar-refractivity contribution in [3.8, 4) is 0 Å². The topological polar surface area (TPSA) is 0 Å². The molecule has 3 atom stereocenters. The molecule has 0 aromatic heterocycles. The average molecular weight is 154 g/mol. The van der Waals surface area contributed by atoms with Crippen LogP contribution in [0.4, 0.5) is 0 Å². The van der Waals surface area contributed by atoms with E-state index in [0.717, 1.165) is 23.7 Å². The van der Waals surface area contributed by atoms with Gasteiger partial charge in [0, 0.05) is 0 Å². The second-order valence-electron chi connectivity index (χ2n) is 5.08. The Morgan fingerprint density at radius 2 is 1.55 bits per heavy atom. The van der Waals surface area contributed by atoms with Crippen LogP contribution in [-0.2, 0) is 0 Å². The molecule has 0 radical (unpaired) electrons. The lowest BCUT2D eigenvalue weighted by Gasteiger charge is -2.17. The molecule has 0 heteroatoms. The Bertz CT molecular complexity index is 146. The number of hydrogen-bond acceptors (Lipinski definition) is 0. The molecule has 3 unspecified atom stereocenters. The van der Waals surface area contributed by atoms with Gasteiger partial charge in [-0.1, -0.05) is 41.5 Å². The third-order valence-electron chi connectivity index (χ3n) is 4.09. The second kappa shape index (κ2) is 2.50. The maximum absolute atomic E-state index is 2.45. The molecule has 1 aliphatic carbocycles. The fourth-order valence-corrected chi connectivity index (χ4v) is 3.00. The predicted octanol–water partition coefficient (Wildman–Crippen LogP) is 3.57. The summed E-state index contributed by atoms with van der Waals surface area (Å²) < 4.78 is 0. The van der Waals surface area contributed by atoms with Gasteiger partial charge >= 0.3 is 0 Å². The quantitative estimate of drug-likeness (QED) is 0.570. The summed E-state index contributed by atoms with van der Waals surface area (Å²) in [6, 6.07) is 0. The highest BCUT2D eigenvalue weighted by Crippen LogP contribution is 2.65. The fraction of sp³-hybridized carbons (Fsp3) is 1.00. The summed E-state index contributed by atoms with van der Waals surface area (Å²) in [4.78, 5) is 0. The van der Waals surface area contributed by atoms with Crippen molar-refractivity contribution in [2.45, 2.75) is 41.5 Å². The molecule has 1 aliphatic rings. The maximum atomic E-state index is 2.45. The molecular weight excluding hydrogens is 132 g/mol. The third kappa shape index (κ3) is 1.11. The van der Waals surface area contributed by atoms with Crippen LogP contribution in [0.5, 0.6) is 0 Å². The van der Waals surface area contributed by atoms with E-state index in [2.05, 4.69) is 41.5 Å². The van der Waals surface area contributed by atoms with Gasteiger partial charge in [0.25, 0.3) is 0 Å². The minimum Gasteiger partial charge on any atom is -0.0625 e. The van der Waals surface area contributed by atoms with E-state index in [9.17, 15) is 0 Å². The van der Waals surface area contributed by atoms with Crippen molar-refractivity contribution in [3.63, 3.8) is 0 Å². The predicted molar refractivity (Wildman–Crippen MR) is 50.4 cm³/mol. The maximum Gasteiger partial charge on any atom is -0.0241 e. The Kier molecular flexibility index (Phi) is 2.07. The Morgan fingerprint density at radius 1 is 1.09 bits per heavy atom. The lowest BCUT2D eigenvalue weighted by molar-refractivity contribution is 0.315. The molecule has 0 saturated heterocycles. The molecule has 11 heavy (non-hydrogen) atoms. The van der Waals surface area contributed by atoms with Gasteiger partial charge in [-0.2, -0.15) is 0 Å². The van der Waals surface area contributed by atoms with E-state index in [-0.39, 0.29) is 0 Å². The van der Waals surface area contributed by atoms with E-state index < -0.39 is 0 Å². The van der Waals surface area contributed by atoms with Crippen molar-refractivity contribution in [1.29, 1.82) is 0 Å². The first-order chi connectivity index (χ1) is 4.92. The average Bonchev–Trinajstić information content (AvgIpc) is 2.37. The van der Waals surface area contributed by atoms with Gasteiger partial charge in [-0.15, -0.1) is 0 Å². The summed E-state index contributed by atoms with van der Waals surface area (Å²) in [6.45, 7) is 14.3. The molecule has 0 amide bonds. The van der Waals surface area contributed by atoms with Crippen molar-refractivity contribution in [2.75, 3.05) is 0 Å². The zero-order valence-electron chi connectivity index (χ0n) is 8.81. The Hall–Kier alpha value is 0. The normalized spacial score (nSPS) is 43.6. The minimum absolute atomic E-state index is 0.647. The van der Waals surface area contributed by atoms with Crippen LogP contribution < -0.4 is 0 Å². The van der Waals surface area contributed by atoms with Crippen LogP contribution >= 0.6 is 0 Å². The summed E-state index contributed by atoms with van der Waals surface area (Å²) in [6.07, 6.45) is 0. The third-order valence-corrected chi connectivity index (χ3v) is 4.09. The summed E-state index contributed by atoms with van der Waals surface area (Å²) in [5, 5.41) is 0. The highest BCUT2D eigenvalue weighted by Gasteiger charge is 2.60. The van der Waals surface area contributed by atoms with Crippen molar-refractivity contribution in [1.82, 2.24) is 0 Å². The monoisotopic (exact) mass is 154 g/mol. The molecule has 0 nitrogen and oxygen atoms in total. The minimum atomic E-state index is 0.647. The molecule has 0 aromatic carbocycles. The molecular formula is C11H22. The van der Waals surface area contributed by atoms with Crippen LogP contribution in [-0.4, -0.2) is 0 Å². The van der Waals surface area contributed by atoms with E-state index >= 15 is 0 Å². The van der Waals surface area contributed by atoms with Crippen molar-refractivity contribution in [2.24, 2.45) is 29.1 Å². The van der Waals surface area contributed by atoms with Gasteiger partial charge in [0.15, 0.2) is 0 Å². The second-order valence-corrected chi connectivity index (χ2v) is 5.08. The Labute approximate surface area is 71.4 Å². The van der Waals surface area contributed by atoms with E-state index in [1.807, 2.05) is 0 Å². The van der Waals surface area contributed by atoms with E-state index in [0.29, 0.717) is 5.41 Å². The molecule has 0 spiro atoms. The van der Waals surface area contributed by atoms with Crippen molar-refractivity contribution < 1.29 is 0 Å². The molecule has 1 rings (SSSR count). The zero-order valence-corrected chi connectivity index (χ0v) is 8.81. The first-order valence-electron chi connectivity index (χ1n) is 4.92. The van der Waals surface area contributed by atoms with Gasteiger partial charge in [0.05, 0.1) is 0 Å². The summed E-state index contributed by atoms with van der Waals surface area (Å²) in [7, 11) is 0. The lowest BCUT2D eigenvalue weighted by atomic mass is 9.88. The number of rotatable bonds is 2. The first-order valence-corrected chi connectivity index (χ1v) is 4.92. The van der Waals surface area contributed by atoms with Gasteiger partial charge in [0.1, 0.15) is 0 Å². The summed E-state index contributed by atoms with van der Waals surface area (Å²) >= 11 is 0. The lowest BCUT2D eigenvalue weighted by Crippen LogP contribution is -2.10. The van der Waals surface area contributed by atoms with Gasteiger partial charge in [-0.05, 0) is 29.1 Å². The van der Waals surface area contributed by atoms with Crippen LogP contribution in [0.1, 0.15) is 41.5 Å². The van der Waals surface area contributed by atoms with Crippen LogP contribution in [0.25, 0.3) is 0 Å². The van der Waals surface area contributed by atoms with E-state index in [4.69, 9.17) is 0 Å². The fourth-order valence-electron chi connectivity index (χ4n) is 3.00. The molecule has 0 bridgehead atoms. The molecule has 0 aliphatic heterocycles. The van der Waals surface area contributed by atoms with Crippen LogP contribution in [0.15, 0.2) is 0 Å². The van der Waals surface area contributed by atoms with E-state index in [1.165, 1.54) is 0 Å². The SMILES string of the molecule is CC(C)C1C(C)C1(C)C(C)C. The van der Waals surface area contributed by atoms with Crippen LogP contribution in [0, 0.1) is 29.1 Å². The standard InChI is InChI=1S/C11H22/c1-7(2)10-9(5)11(10,6)8(3)4/h7-10H,1-6H3. The zero-order chi connectivity index (χ0) is 8.81. The highest BCUT2D eigenvalue weighted by atomic mass is 14.6. The molecule has 1 saturated carbocycles. The number of hydrogen-bond donors (Lipinski definition) is 0. The molecule has 0 heterocycles. The first kappa shape index (κ1) is 9.09. The smallest absolute Gasteiger partial charge is 0.0241 e. The van der Waals surface area contributed by atoms with Crippen LogP contribution in [0.3, 0.4) is 0 Å². The van der Waals surface area contributed by atoms with Gasteiger partial charge < -0.3 is 0 Å². The Balaban J connectivity index is 2.65. The van der Waals surface area contributed by atoms with Crippen molar-refractivity contribution >= 4 is 0 Å². The molecule has 0 aromatic rings. The summed E-state index contributed by atoms with van der Waals surface area (Å²) in [5.74, 6) is 3.65. The van der Waals surface area contributed by atoms with Crippen LogP contribution in [0.2, 0.25) is 0 Å². The van der Waals surface area contributed by atoms with Gasteiger partial charge in [0.2, 0.25) is 0 Å². The van der Waals surface area contributed by atoms with Gasteiger partial charge in [-0.25, -0.2) is 0 Å². The Morgan fingerprint density at radius 3 is 1.64 bits per heavy atom. The van der Waals surface area contributed by atoms with Crippen molar-refractivity contribution in [3.05, 3.63) is 0 Å². The molecule has 66 valence electrons.